The van der Waals surface area contributed by atoms with Crippen LogP contribution in [0.4, 0.5) is 5.82 Å². The molecule has 1 saturated carbocycles. The lowest BCUT2D eigenvalue weighted by Crippen LogP contribution is -2.25. The van der Waals surface area contributed by atoms with Gasteiger partial charge in [-0.3, -0.25) is 14.3 Å². The number of nitrogens with zero attached hydrogens (tertiary/aromatic N) is 4. The molecule has 3 N–H and O–H groups in total. The van der Waals surface area contributed by atoms with Crippen molar-refractivity contribution in [3.63, 3.8) is 0 Å². The van der Waals surface area contributed by atoms with E-state index < -0.39 is 0 Å². The fraction of sp³-hybridized carbons (Fsp3) is 0.200. The number of carbonyl (C=O) groups is 1. The zero-order valence-electron chi connectivity index (χ0n) is 15.4. The van der Waals surface area contributed by atoms with Gasteiger partial charge in [0, 0.05) is 30.2 Å². The number of fused-ring (bicyclic) bond motifs is 1. The number of aromatic amines is 1. The molecule has 5 rings (SSSR count). The topological polar surface area (TPSA) is 100 Å². The van der Waals surface area contributed by atoms with Crippen molar-refractivity contribution >= 4 is 29.0 Å². The predicted octanol–water partition coefficient (Wildman–Crippen LogP) is 3.28. The zero-order chi connectivity index (χ0) is 19.8. The standard InChI is InChI=1S/C20H18ClN7O/c21-16-9-12(1-4-15(16)20(29)26-13-2-3-13)17-11-24-19-18(22-7-8-28(17)19)23-10-14-5-6-25-27-14/h1,4-9,11,13H,2-3,10H2,(H,22,23)(H,25,27)(H,26,29). The van der Waals surface area contributed by atoms with Crippen molar-refractivity contribution in [3.8, 4) is 11.3 Å². The molecule has 0 radical (unpaired) electrons. The average Bonchev–Trinajstić information content (AvgIpc) is 3.20. The summed E-state index contributed by atoms with van der Waals surface area (Å²) in [6, 6.07) is 7.62. The Morgan fingerprint density at radius 3 is 2.90 bits per heavy atom. The van der Waals surface area contributed by atoms with E-state index in [4.69, 9.17) is 11.6 Å². The van der Waals surface area contributed by atoms with Crippen molar-refractivity contribution in [3.05, 3.63) is 65.3 Å². The molecule has 1 fully saturated rings. The number of carbonyl (C=O) groups excluding carboxylic acids is 1. The van der Waals surface area contributed by atoms with Gasteiger partial charge in [-0.1, -0.05) is 17.7 Å². The molecule has 3 heterocycles. The number of nitrogens with one attached hydrogen (secondary N) is 3. The Balaban J connectivity index is 1.43. The molecule has 1 aromatic carbocycles. The molecule has 8 nitrogen and oxygen atoms in total. The Morgan fingerprint density at radius 1 is 1.24 bits per heavy atom. The molecule has 1 amide bonds. The second kappa shape index (κ2) is 7.21. The van der Waals surface area contributed by atoms with Crippen LogP contribution < -0.4 is 10.6 Å². The molecule has 1 aliphatic carbocycles. The third-order valence-electron chi connectivity index (χ3n) is 4.85. The number of hydrogen-bond donors (Lipinski definition) is 3. The lowest BCUT2D eigenvalue weighted by atomic mass is 10.1. The normalized spacial score (nSPS) is 13.6. The Labute approximate surface area is 171 Å². The monoisotopic (exact) mass is 407 g/mol. The van der Waals surface area contributed by atoms with Gasteiger partial charge in [-0.25, -0.2) is 9.97 Å². The van der Waals surface area contributed by atoms with E-state index in [1.165, 1.54) is 0 Å². The number of imidazole rings is 1. The van der Waals surface area contributed by atoms with E-state index in [1.807, 2.05) is 22.7 Å². The zero-order valence-corrected chi connectivity index (χ0v) is 16.1. The molecule has 29 heavy (non-hydrogen) atoms. The summed E-state index contributed by atoms with van der Waals surface area (Å²) in [6.07, 6.45) is 9.11. The number of hydrogen-bond acceptors (Lipinski definition) is 5. The predicted molar refractivity (Wildman–Crippen MR) is 110 cm³/mol. The van der Waals surface area contributed by atoms with Gasteiger partial charge in [0.1, 0.15) is 0 Å². The van der Waals surface area contributed by atoms with Crippen LogP contribution in [0.25, 0.3) is 16.9 Å². The van der Waals surface area contributed by atoms with E-state index in [2.05, 4.69) is 30.8 Å². The second-order valence-corrected chi connectivity index (χ2v) is 7.40. The maximum absolute atomic E-state index is 12.3. The number of H-pyrrole nitrogens is 1. The van der Waals surface area contributed by atoms with Gasteiger partial charge in [-0.2, -0.15) is 5.10 Å². The van der Waals surface area contributed by atoms with E-state index in [0.29, 0.717) is 28.6 Å². The minimum Gasteiger partial charge on any atom is -0.361 e. The molecule has 9 heteroatoms. The molecular formula is C20H18ClN7O. The van der Waals surface area contributed by atoms with Crippen molar-refractivity contribution in [2.45, 2.75) is 25.4 Å². The van der Waals surface area contributed by atoms with Crippen LogP contribution in [0.2, 0.25) is 5.02 Å². The van der Waals surface area contributed by atoms with Crippen molar-refractivity contribution in [1.29, 1.82) is 0 Å². The number of anilines is 1. The molecule has 0 atom stereocenters. The van der Waals surface area contributed by atoms with E-state index in [1.54, 1.807) is 30.7 Å². The molecule has 4 aromatic rings. The summed E-state index contributed by atoms with van der Waals surface area (Å²) in [6.45, 7) is 0.561. The third kappa shape index (κ3) is 3.54. The first-order valence-electron chi connectivity index (χ1n) is 9.34. The average molecular weight is 408 g/mol. The minimum atomic E-state index is -0.128. The van der Waals surface area contributed by atoms with E-state index in [0.717, 1.165) is 29.8 Å². The molecule has 0 unspecified atom stereocenters. The fourth-order valence-electron chi connectivity index (χ4n) is 3.17. The molecule has 3 aromatic heterocycles. The highest BCUT2D eigenvalue weighted by Crippen LogP contribution is 2.28. The maximum Gasteiger partial charge on any atom is 0.253 e. The summed E-state index contributed by atoms with van der Waals surface area (Å²) in [4.78, 5) is 21.2. The van der Waals surface area contributed by atoms with Crippen molar-refractivity contribution < 1.29 is 4.79 Å². The van der Waals surface area contributed by atoms with Gasteiger partial charge < -0.3 is 10.6 Å². The van der Waals surface area contributed by atoms with Crippen LogP contribution in [0.5, 0.6) is 0 Å². The molecule has 0 aliphatic heterocycles. The SMILES string of the molecule is O=C(NC1CC1)c1ccc(-c2cnc3c(NCc4ccn[nH]4)nccn23)cc1Cl. The summed E-state index contributed by atoms with van der Waals surface area (Å²) in [5.41, 5.74) is 3.88. The molecule has 0 spiro atoms. The number of rotatable bonds is 6. The van der Waals surface area contributed by atoms with Crippen LogP contribution >= 0.6 is 11.6 Å². The first-order valence-corrected chi connectivity index (χ1v) is 9.72. The first-order chi connectivity index (χ1) is 14.2. The summed E-state index contributed by atoms with van der Waals surface area (Å²) in [7, 11) is 0. The fourth-order valence-corrected chi connectivity index (χ4v) is 3.44. The van der Waals surface area contributed by atoms with Crippen LogP contribution in [0, 0.1) is 0 Å². The number of halogens is 1. The second-order valence-electron chi connectivity index (χ2n) is 6.99. The molecular weight excluding hydrogens is 390 g/mol. The summed E-state index contributed by atoms with van der Waals surface area (Å²) < 4.78 is 1.94. The number of amides is 1. The molecule has 0 saturated heterocycles. The van der Waals surface area contributed by atoms with Crippen molar-refractivity contribution in [1.82, 2.24) is 29.9 Å². The Hall–Kier alpha value is -3.39. The van der Waals surface area contributed by atoms with Crippen molar-refractivity contribution in [2.24, 2.45) is 0 Å². The highest BCUT2D eigenvalue weighted by atomic mass is 35.5. The van der Waals surface area contributed by atoms with E-state index in [-0.39, 0.29) is 11.9 Å². The summed E-state index contributed by atoms with van der Waals surface area (Å²) >= 11 is 6.41. The Morgan fingerprint density at radius 2 is 2.14 bits per heavy atom. The van der Waals surface area contributed by atoms with E-state index in [9.17, 15) is 4.79 Å². The highest BCUT2D eigenvalue weighted by Gasteiger charge is 2.25. The van der Waals surface area contributed by atoms with Crippen molar-refractivity contribution in [2.75, 3.05) is 5.32 Å². The van der Waals surface area contributed by atoms with Crippen LogP contribution in [0.15, 0.2) is 49.1 Å². The summed E-state index contributed by atoms with van der Waals surface area (Å²) in [5, 5.41) is 13.5. The van der Waals surface area contributed by atoms with Gasteiger partial charge in [0.15, 0.2) is 11.5 Å². The maximum atomic E-state index is 12.3. The van der Waals surface area contributed by atoms with Crippen LogP contribution in [-0.4, -0.2) is 36.5 Å². The van der Waals surface area contributed by atoms with Crippen LogP contribution in [0.1, 0.15) is 28.9 Å². The Bertz CT molecular complexity index is 1180. The third-order valence-corrected chi connectivity index (χ3v) is 5.17. The van der Waals surface area contributed by atoms with Gasteiger partial charge in [0.05, 0.1) is 34.7 Å². The lowest BCUT2D eigenvalue weighted by molar-refractivity contribution is 0.0951. The minimum absolute atomic E-state index is 0.128. The summed E-state index contributed by atoms with van der Waals surface area (Å²) in [5.74, 6) is 0.538. The quantitative estimate of drug-likeness (QED) is 0.455. The van der Waals surface area contributed by atoms with Gasteiger partial charge in [-0.05, 0) is 31.0 Å². The number of benzene rings is 1. The largest absolute Gasteiger partial charge is 0.361 e. The number of aromatic nitrogens is 5. The first kappa shape index (κ1) is 17.7. The molecule has 0 bridgehead atoms. The molecule has 146 valence electrons. The smallest absolute Gasteiger partial charge is 0.253 e. The molecule has 1 aliphatic rings. The van der Waals surface area contributed by atoms with Gasteiger partial charge in [0.25, 0.3) is 5.91 Å². The Kier molecular flexibility index (Phi) is 4.40. The lowest BCUT2D eigenvalue weighted by Gasteiger charge is -2.09. The van der Waals surface area contributed by atoms with Gasteiger partial charge in [-0.15, -0.1) is 0 Å². The van der Waals surface area contributed by atoms with Crippen LogP contribution in [0.3, 0.4) is 0 Å². The van der Waals surface area contributed by atoms with Gasteiger partial charge >= 0.3 is 0 Å². The van der Waals surface area contributed by atoms with E-state index >= 15 is 0 Å². The van der Waals surface area contributed by atoms with Crippen LogP contribution in [-0.2, 0) is 6.54 Å². The highest BCUT2D eigenvalue weighted by molar-refractivity contribution is 6.34. The van der Waals surface area contributed by atoms with Gasteiger partial charge in [0.2, 0.25) is 0 Å².